The predicted octanol–water partition coefficient (Wildman–Crippen LogP) is 1.91. The quantitative estimate of drug-likeness (QED) is 0.873. The number of nitrogens with one attached hydrogen (secondary N) is 1. The minimum absolute atomic E-state index is 0.765. The number of aromatic nitrogens is 2. The number of benzene rings is 1. The Morgan fingerprint density at radius 1 is 1.35 bits per heavy atom. The number of aryl methyl sites for hydroxylation is 1. The van der Waals surface area contributed by atoms with Crippen LogP contribution in [0.5, 0.6) is 5.75 Å². The molecule has 1 N–H and O–H groups in total. The van der Waals surface area contributed by atoms with E-state index in [1.54, 1.807) is 7.11 Å². The number of nitrogens with zero attached hydrogens (tertiary/aromatic N) is 2. The average Bonchev–Trinajstić information content (AvgIpc) is 2.78. The fourth-order valence-electron chi connectivity index (χ4n) is 1.75. The van der Waals surface area contributed by atoms with Gasteiger partial charge in [-0.15, -0.1) is 0 Å². The fraction of sp³-hybridized carbons (Fsp3) is 0.308. The molecule has 0 aliphatic carbocycles. The molecule has 0 atom stereocenters. The summed E-state index contributed by atoms with van der Waals surface area (Å²) in [6.07, 6.45) is 1.95. The van der Waals surface area contributed by atoms with Gasteiger partial charge in [-0.05, 0) is 37.7 Å². The monoisotopic (exact) mass is 231 g/mol. The lowest BCUT2D eigenvalue weighted by molar-refractivity contribution is 0.411. The van der Waals surface area contributed by atoms with E-state index in [1.807, 2.05) is 36.1 Å². The second kappa shape index (κ2) is 5.01. The van der Waals surface area contributed by atoms with Gasteiger partial charge in [-0.3, -0.25) is 0 Å². The van der Waals surface area contributed by atoms with E-state index in [-0.39, 0.29) is 0 Å². The number of rotatable bonds is 4. The zero-order chi connectivity index (χ0) is 12.3. The Bertz CT molecular complexity index is 505. The van der Waals surface area contributed by atoms with Crippen molar-refractivity contribution in [3.63, 3.8) is 0 Å². The Hall–Kier alpha value is -1.81. The second-order valence-electron chi connectivity index (χ2n) is 3.96. The van der Waals surface area contributed by atoms with E-state index in [1.165, 1.54) is 5.56 Å². The van der Waals surface area contributed by atoms with Crippen molar-refractivity contribution >= 4 is 0 Å². The molecule has 4 nitrogen and oxygen atoms in total. The zero-order valence-corrected chi connectivity index (χ0v) is 10.4. The smallest absolute Gasteiger partial charge is 0.144 e. The van der Waals surface area contributed by atoms with Crippen LogP contribution in [-0.2, 0) is 6.54 Å². The van der Waals surface area contributed by atoms with Gasteiger partial charge in [-0.1, -0.05) is 6.07 Å². The Kier molecular flexibility index (Phi) is 3.44. The van der Waals surface area contributed by atoms with E-state index in [0.29, 0.717) is 0 Å². The van der Waals surface area contributed by atoms with Gasteiger partial charge < -0.3 is 10.1 Å². The van der Waals surface area contributed by atoms with E-state index in [2.05, 4.69) is 23.4 Å². The molecule has 90 valence electrons. The molecule has 0 bridgehead atoms. The van der Waals surface area contributed by atoms with Crippen LogP contribution in [0.2, 0.25) is 0 Å². The summed E-state index contributed by atoms with van der Waals surface area (Å²) in [5, 5.41) is 7.58. The lowest BCUT2D eigenvalue weighted by Crippen LogP contribution is -2.06. The zero-order valence-electron chi connectivity index (χ0n) is 10.4. The molecule has 0 radical (unpaired) electrons. The van der Waals surface area contributed by atoms with E-state index >= 15 is 0 Å². The molecule has 0 unspecified atom stereocenters. The van der Waals surface area contributed by atoms with Gasteiger partial charge in [0.25, 0.3) is 0 Å². The van der Waals surface area contributed by atoms with E-state index in [9.17, 15) is 0 Å². The Labute approximate surface area is 101 Å². The maximum absolute atomic E-state index is 5.35. The Morgan fingerprint density at radius 2 is 2.18 bits per heavy atom. The van der Waals surface area contributed by atoms with Crippen molar-refractivity contribution < 1.29 is 4.74 Å². The van der Waals surface area contributed by atoms with Crippen LogP contribution in [0.4, 0.5) is 0 Å². The first-order chi connectivity index (χ1) is 8.24. The summed E-state index contributed by atoms with van der Waals surface area (Å²) in [6, 6.07) is 8.05. The maximum atomic E-state index is 5.35. The van der Waals surface area contributed by atoms with Gasteiger partial charge in [-0.2, -0.15) is 5.10 Å². The third kappa shape index (κ3) is 2.47. The van der Waals surface area contributed by atoms with Crippen LogP contribution < -0.4 is 10.1 Å². The molecule has 4 heteroatoms. The summed E-state index contributed by atoms with van der Waals surface area (Å²) < 4.78 is 7.19. The molecule has 0 aliphatic rings. The highest BCUT2D eigenvalue weighted by Crippen LogP contribution is 2.23. The minimum atomic E-state index is 0.765. The predicted molar refractivity (Wildman–Crippen MR) is 67.6 cm³/mol. The summed E-state index contributed by atoms with van der Waals surface area (Å²) in [4.78, 5) is 0. The van der Waals surface area contributed by atoms with Crippen molar-refractivity contribution in [2.45, 2.75) is 13.5 Å². The van der Waals surface area contributed by atoms with Crippen molar-refractivity contribution in [1.29, 1.82) is 0 Å². The van der Waals surface area contributed by atoms with Gasteiger partial charge in [0.15, 0.2) is 0 Å². The van der Waals surface area contributed by atoms with Crippen LogP contribution in [0.25, 0.3) is 5.69 Å². The molecule has 0 saturated carbocycles. The molecular formula is C13H17N3O. The normalized spacial score (nSPS) is 10.5. The molecule has 0 aliphatic heterocycles. The molecule has 1 heterocycles. The van der Waals surface area contributed by atoms with Crippen molar-refractivity contribution in [3.05, 3.63) is 41.7 Å². The lowest BCUT2D eigenvalue weighted by Gasteiger charge is -2.09. The van der Waals surface area contributed by atoms with Crippen LogP contribution in [-0.4, -0.2) is 23.9 Å². The molecule has 0 amide bonds. The van der Waals surface area contributed by atoms with Gasteiger partial charge in [0.1, 0.15) is 11.4 Å². The molecule has 17 heavy (non-hydrogen) atoms. The summed E-state index contributed by atoms with van der Waals surface area (Å²) in [6.45, 7) is 2.82. The van der Waals surface area contributed by atoms with Crippen LogP contribution in [0.1, 0.15) is 11.3 Å². The number of hydrogen-bond acceptors (Lipinski definition) is 3. The maximum Gasteiger partial charge on any atom is 0.144 e. The number of hydrogen-bond donors (Lipinski definition) is 1. The second-order valence-corrected chi connectivity index (χ2v) is 3.96. The molecule has 0 saturated heterocycles. The third-order valence-electron chi connectivity index (χ3n) is 2.58. The summed E-state index contributed by atoms with van der Waals surface area (Å²) in [7, 11) is 3.58. The van der Waals surface area contributed by atoms with Crippen molar-refractivity contribution in [1.82, 2.24) is 15.1 Å². The molecule has 1 aromatic carbocycles. The van der Waals surface area contributed by atoms with Gasteiger partial charge in [0, 0.05) is 12.7 Å². The van der Waals surface area contributed by atoms with Gasteiger partial charge >= 0.3 is 0 Å². The summed E-state index contributed by atoms with van der Waals surface area (Å²) in [5.41, 5.74) is 3.16. The fourth-order valence-corrected chi connectivity index (χ4v) is 1.75. The number of ether oxygens (including phenoxy) is 1. The number of methoxy groups -OCH3 is 1. The summed E-state index contributed by atoms with van der Waals surface area (Å²) in [5.74, 6) is 0.828. The van der Waals surface area contributed by atoms with E-state index < -0.39 is 0 Å². The van der Waals surface area contributed by atoms with Crippen LogP contribution >= 0.6 is 0 Å². The largest absolute Gasteiger partial charge is 0.494 e. The highest BCUT2D eigenvalue weighted by Gasteiger charge is 2.07. The Balaban J connectivity index is 2.40. The Morgan fingerprint density at radius 3 is 2.88 bits per heavy atom. The van der Waals surface area contributed by atoms with Gasteiger partial charge in [0.2, 0.25) is 0 Å². The third-order valence-corrected chi connectivity index (χ3v) is 2.58. The molecule has 0 spiro atoms. The first-order valence-electron chi connectivity index (χ1n) is 5.58. The first kappa shape index (κ1) is 11.7. The van der Waals surface area contributed by atoms with Gasteiger partial charge in [-0.25, -0.2) is 4.68 Å². The molecule has 0 fully saturated rings. The van der Waals surface area contributed by atoms with Crippen LogP contribution in [0.15, 0.2) is 30.5 Å². The van der Waals surface area contributed by atoms with Crippen molar-refractivity contribution in [3.8, 4) is 11.4 Å². The van der Waals surface area contributed by atoms with Crippen molar-refractivity contribution in [2.24, 2.45) is 0 Å². The topological polar surface area (TPSA) is 39.1 Å². The van der Waals surface area contributed by atoms with Crippen molar-refractivity contribution in [2.75, 3.05) is 14.2 Å². The highest BCUT2D eigenvalue weighted by molar-refractivity contribution is 5.48. The summed E-state index contributed by atoms with van der Waals surface area (Å²) >= 11 is 0. The molecular weight excluding hydrogens is 214 g/mol. The van der Waals surface area contributed by atoms with E-state index in [4.69, 9.17) is 4.74 Å². The first-order valence-corrected chi connectivity index (χ1v) is 5.58. The minimum Gasteiger partial charge on any atom is -0.494 e. The van der Waals surface area contributed by atoms with Crippen LogP contribution in [0, 0.1) is 6.92 Å². The molecule has 2 rings (SSSR count). The highest BCUT2D eigenvalue weighted by atomic mass is 16.5. The lowest BCUT2D eigenvalue weighted by atomic mass is 10.2. The SMILES string of the molecule is CNCc1ccn(-c2cc(C)ccc2OC)n1. The molecule has 1 aromatic heterocycles. The van der Waals surface area contributed by atoms with E-state index in [0.717, 1.165) is 23.7 Å². The van der Waals surface area contributed by atoms with Gasteiger partial charge in [0.05, 0.1) is 12.8 Å². The average molecular weight is 231 g/mol. The standard InChI is InChI=1S/C13H17N3O/c1-10-4-5-13(17-3)12(8-10)16-7-6-11(15-16)9-14-2/h4-8,14H,9H2,1-3H3. The van der Waals surface area contributed by atoms with Crippen LogP contribution in [0.3, 0.4) is 0 Å². The molecule has 2 aromatic rings.